The SMILES string of the molecule is c1ccc(-c2ccc(-n3c4ccc(-c5ccc6c(c5)c5ccccc5n6-c5cccc6ccccc56)cc4c4c5c(ccc43)-c3ccccc3C5(c3ccccc3)c3ccccc3)cc2)cc1.c1ccc(-c2ccc(-n3c4ccc(-c5ccc6c(c5)c5ccccc5n6-c5cccc6ccccc56)cc4c4c5c(ccc43)C(c3ccccc3)(c3ccccc3)c3ccccc3-5)cc2)cc1. The van der Waals surface area contributed by atoms with E-state index in [4.69, 9.17) is 0 Å². The first-order valence-corrected chi connectivity index (χ1v) is 46.5. The van der Waals surface area contributed by atoms with E-state index in [1.54, 1.807) is 0 Å². The van der Waals surface area contributed by atoms with E-state index in [-0.39, 0.29) is 0 Å². The normalized spacial score (nSPS) is 12.9. The maximum Gasteiger partial charge on any atom is 0.0720 e. The maximum atomic E-state index is 2.49. The number of fused-ring (bicyclic) bond motifs is 22. The first-order valence-electron chi connectivity index (χ1n) is 46.5. The van der Waals surface area contributed by atoms with Gasteiger partial charge in [-0.25, -0.2) is 0 Å². The van der Waals surface area contributed by atoms with Crippen LogP contribution in [-0.2, 0) is 10.8 Å². The highest BCUT2D eigenvalue weighted by molar-refractivity contribution is 6.21. The standard InChI is InChI=1S/2C65H42N2/c1-4-17-43(18-5-1)44-31-35-50(36-32-44)66-61-39-34-47(46-33-38-60-54(41-46)52-26-13-15-29-59(52)67(60)58-30-16-20-45-19-10-11-25-51(45)58)42-55(61)64-62(66)40-37-57-63(64)53-27-12-14-28-56(53)65(57,48-21-6-2-7-22-48)49-23-8-3-9-24-49;1-4-17-43(18-5-1)44-31-35-50(36-32-44)66-61-39-34-47(46-33-38-60-55(41-46)53-27-13-15-29-59(53)67(60)58-30-16-20-45-19-10-11-25-51(45)58)42-56(61)63-62(66)40-37-54-52-26-12-14-28-57(52)65(64(54)63,48-21-6-2-7-22-48)49-23-8-3-9-24-49/h2*1-42H. The van der Waals surface area contributed by atoms with Crippen LogP contribution in [0.5, 0.6) is 0 Å². The van der Waals surface area contributed by atoms with Crippen LogP contribution in [-0.4, -0.2) is 18.3 Å². The molecule has 0 atom stereocenters. The molecule has 4 heteroatoms. The van der Waals surface area contributed by atoms with Crippen molar-refractivity contribution in [3.8, 4) is 89.5 Å². The van der Waals surface area contributed by atoms with Crippen LogP contribution in [0.25, 0.3) is 198 Å². The van der Waals surface area contributed by atoms with Crippen molar-refractivity contribution in [1.82, 2.24) is 18.3 Å². The quantitative estimate of drug-likeness (QED) is 0.116. The van der Waals surface area contributed by atoms with Gasteiger partial charge in [0.1, 0.15) is 0 Å². The molecule has 28 rings (SSSR count). The van der Waals surface area contributed by atoms with E-state index >= 15 is 0 Å². The van der Waals surface area contributed by atoms with Gasteiger partial charge < -0.3 is 18.3 Å². The number of rotatable bonds is 12. The summed E-state index contributed by atoms with van der Waals surface area (Å²) in [6.45, 7) is 0. The Bertz CT molecular complexity index is 9110. The molecule has 22 aromatic carbocycles. The minimum absolute atomic E-state index is 0.505. The molecule has 0 saturated carbocycles. The second-order valence-electron chi connectivity index (χ2n) is 35.9. The Balaban J connectivity index is 0.000000136. The van der Waals surface area contributed by atoms with E-state index in [0.29, 0.717) is 0 Å². The summed E-state index contributed by atoms with van der Waals surface area (Å²) >= 11 is 0. The molecule has 4 aromatic heterocycles. The lowest BCUT2D eigenvalue weighted by molar-refractivity contribution is 0.769. The third kappa shape index (κ3) is 11.5. The van der Waals surface area contributed by atoms with Gasteiger partial charge >= 0.3 is 0 Å². The molecule has 624 valence electrons. The van der Waals surface area contributed by atoms with Crippen molar-refractivity contribution in [3.63, 3.8) is 0 Å². The fourth-order valence-electron chi connectivity index (χ4n) is 23.5. The Morgan fingerprint density at radius 2 is 0.470 bits per heavy atom. The van der Waals surface area contributed by atoms with Crippen molar-refractivity contribution >= 4 is 109 Å². The largest absolute Gasteiger partial charge is 0.309 e. The monoisotopic (exact) mass is 1700 g/mol. The van der Waals surface area contributed by atoms with Crippen molar-refractivity contribution < 1.29 is 0 Å². The summed E-state index contributed by atoms with van der Waals surface area (Å²) in [4.78, 5) is 0. The summed E-state index contributed by atoms with van der Waals surface area (Å²) in [6, 6.07) is 189. The molecule has 0 spiro atoms. The minimum Gasteiger partial charge on any atom is -0.309 e. The summed E-state index contributed by atoms with van der Waals surface area (Å²) in [5.74, 6) is 0. The average molecular weight is 1700 g/mol. The molecule has 0 saturated heterocycles. The van der Waals surface area contributed by atoms with Crippen LogP contribution in [0.1, 0.15) is 44.5 Å². The number of para-hydroxylation sites is 2. The molecule has 0 amide bonds. The lowest BCUT2D eigenvalue weighted by atomic mass is 9.67. The zero-order valence-corrected chi connectivity index (χ0v) is 73.3. The summed E-state index contributed by atoms with van der Waals surface area (Å²) in [5.41, 5.74) is 38.2. The van der Waals surface area contributed by atoms with Gasteiger partial charge in [-0.2, -0.15) is 0 Å². The van der Waals surface area contributed by atoms with Crippen LogP contribution in [0.4, 0.5) is 0 Å². The number of hydrogen-bond donors (Lipinski definition) is 0. The highest BCUT2D eigenvalue weighted by Gasteiger charge is 2.49. The van der Waals surface area contributed by atoms with Crippen LogP contribution < -0.4 is 0 Å². The molecular formula is C130H84N4. The second kappa shape index (κ2) is 30.6. The van der Waals surface area contributed by atoms with Gasteiger partial charge in [0.25, 0.3) is 0 Å². The molecule has 26 aromatic rings. The topological polar surface area (TPSA) is 19.7 Å². The highest BCUT2D eigenvalue weighted by Crippen LogP contribution is 2.62. The van der Waals surface area contributed by atoms with Gasteiger partial charge in [-0.3, -0.25) is 0 Å². The lowest BCUT2D eigenvalue weighted by Gasteiger charge is -2.34. The molecule has 0 fully saturated rings. The summed E-state index contributed by atoms with van der Waals surface area (Å²) in [7, 11) is 0. The molecule has 2 aliphatic rings. The molecular weight excluding hydrogens is 1620 g/mol. The first kappa shape index (κ1) is 76.6. The fraction of sp³-hybridized carbons (Fsp3) is 0.0154. The zero-order chi connectivity index (χ0) is 88.1. The van der Waals surface area contributed by atoms with E-state index in [1.165, 1.54) is 231 Å². The van der Waals surface area contributed by atoms with Crippen molar-refractivity contribution in [2.24, 2.45) is 0 Å². The van der Waals surface area contributed by atoms with Gasteiger partial charge in [-0.05, 0) is 231 Å². The van der Waals surface area contributed by atoms with Crippen LogP contribution in [0.15, 0.2) is 510 Å². The third-order valence-corrected chi connectivity index (χ3v) is 29.2. The van der Waals surface area contributed by atoms with Crippen molar-refractivity contribution in [2.75, 3.05) is 0 Å². The number of nitrogens with zero attached hydrogens (tertiary/aromatic N) is 4. The van der Waals surface area contributed by atoms with Gasteiger partial charge in [0, 0.05) is 65.2 Å². The lowest BCUT2D eigenvalue weighted by Crippen LogP contribution is -2.28. The Labute approximate surface area is 776 Å². The Hall–Kier alpha value is -17.4. The molecule has 134 heavy (non-hydrogen) atoms. The summed E-state index contributed by atoms with van der Waals surface area (Å²) in [6.07, 6.45) is 0. The Morgan fingerprint density at radius 3 is 0.933 bits per heavy atom. The van der Waals surface area contributed by atoms with Crippen LogP contribution in [0, 0.1) is 0 Å². The van der Waals surface area contributed by atoms with Gasteiger partial charge in [0.05, 0.1) is 66.3 Å². The number of benzene rings is 22. The highest BCUT2D eigenvalue weighted by atomic mass is 15.0. The predicted octanol–water partition coefficient (Wildman–Crippen LogP) is 33.5. The predicted molar refractivity (Wildman–Crippen MR) is 562 cm³/mol. The molecule has 0 bridgehead atoms. The second-order valence-corrected chi connectivity index (χ2v) is 35.9. The number of aromatic nitrogens is 4. The van der Waals surface area contributed by atoms with Crippen LogP contribution >= 0.6 is 0 Å². The molecule has 4 heterocycles. The third-order valence-electron chi connectivity index (χ3n) is 29.2. The van der Waals surface area contributed by atoms with Crippen molar-refractivity contribution in [3.05, 3.63) is 554 Å². The molecule has 4 nitrogen and oxygen atoms in total. The molecule has 0 aliphatic heterocycles. The fourth-order valence-corrected chi connectivity index (χ4v) is 23.5. The van der Waals surface area contributed by atoms with E-state index < -0.39 is 10.8 Å². The van der Waals surface area contributed by atoms with E-state index in [9.17, 15) is 0 Å². The van der Waals surface area contributed by atoms with Gasteiger partial charge in [0.2, 0.25) is 0 Å². The van der Waals surface area contributed by atoms with Gasteiger partial charge in [-0.1, -0.05) is 400 Å². The van der Waals surface area contributed by atoms with Crippen molar-refractivity contribution in [2.45, 2.75) is 10.8 Å². The smallest absolute Gasteiger partial charge is 0.0720 e. The maximum absolute atomic E-state index is 2.49. The summed E-state index contributed by atoms with van der Waals surface area (Å²) in [5, 5.41) is 15.0. The first-order chi connectivity index (χ1) is 66.5. The molecule has 0 radical (unpaired) electrons. The Kier molecular flexibility index (Phi) is 17.5. The van der Waals surface area contributed by atoms with Crippen LogP contribution in [0.3, 0.4) is 0 Å². The van der Waals surface area contributed by atoms with Crippen LogP contribution in [0.2, 0.25) is 0 Å². The molecule has 0 N–H and O–H groups in total. The van der Waals surface area contributed by atoms with E-state index in [2.05, 4.69) is 528 Å². The van der Waals surface area contributed by atoms with Gasteiger partial charge in [-0.15, -0.1) is 0 Å². The summed E-state index contributed by atoms with van der Waals surface area (Å²) < 4.78 is 9.87. The zero-order valence-electron chi connectivity index (χ0n) is 73.3. The van der Waals surface area contributed by atoms with Crippen molar-refractivity contribution in [1.29, 1.82) is 0 Å². The number of hydrogen-bond acceptors (Lipinski definition) is 0. The Morgan fingerprint density at radius 1 is 0.157 bits per heavy atom. The average Bonchev–Trinajstić information content (AvgIpc) is 1.51. The minimum atomic E-state index is -0.567. The van der Waals surface area contributed by atoms with Gasteiger partial charge in [0.15, 0.2) is 0 Å². The molecule has 2 aliphatic carbocycles. The molecule has 0 unspecified atom stereocenters. The van der Waals surface area contributed by atoms with E-state index in [1.807, 2.05) is 0 Å². The van der Waals surface area contributed by atoms with E-state index in [0.717, 1.165) is 11.4 Å².